The lowest BCUT2D eigenvalue weighted by atomic mass is 10.1. The van der Waals surface area contributed by atoms with Crippen molar-refractivity contribution in [2.45, 2.75) is 13.3 Å². The molecule has 0 aromatic heterocycles. The molecule has 1 rings (SSSR count). The summed E-state index contributed by atoms with van der Waals surface area (Å²) in [5, 5.41) is 2.76. The molecular weight excluding hydrogens is 264 g/mol. The van der Waals surface area contributed by atoms with Gasteiger partial charge in [-0.05, 0) is 6.42 Å². The molecule has 1 amide bonds. The summed E-state index contributed by atoms with van der Waals surface area (Å²) < 4.78 is 10.3. The molecule has 0 aliphatic carbocycles. The van der Waals surface area contributed by atoms with Gasteiger partial charge in [0, 0.05) is 23.9 Å². The summed E-state index contributed by atoms with van der Waals surface area (Å²) in [6.07, 6.45) is 0.558. The first-order valence-corrected chi connectivity index (χ1v) is 6.25. The Morgan fingerprint density at radius 1 is 1.32 bits per heavy atom. The van der Waals surface area contributed by atoms with E-state index in [0.29, 0.717) is 23.6 Å². The smallest absolute Gasteiger partial charge is 0.234 e. The van der Waals surface area contributed by atoms with Crippen LogP contribution in [-0.4, -0.2) is 25.1 Å². The third kappa shape index (κ3) is 4.10. The van der Waals surface area contributed by atoms with Crippen molar-refractivity contribution in [3.05, 3.63) is 18.2 Å². The van der Waals surface area contributed by atoms with Crippen molar-refractivity contribution in [1.82, 2.24) is 0 Å². The van der Waals surface area contributed by atoms with Crippen LogP contribution >= 0.6 is 12.2 Å². The molecule has 0 spiro atoms. The zero-order chi connectivity index (χ0) is 14.4. The van der Waals surface area contributed by atoms with Gasteiger partial charge in [-0.15, -0.1) is 0 Å². The van der Waals surface area contributed by atoms with Gasteiger partial charge in [0.2, 0.25) is 5.91 Å². The average molecular weight is 282 g/mol. The summed E-state index contributed by atoms with van der Waals surface area (Å²) >= 11 is 4.87. The lowest BCUT2D eigenvalue weighted by molar-refractivity contribution is -0.118. The van der Waals surface area contributed by atoms with E-state index in [9.17, 15) is 4.79 Å². The minimum atomic E-state index is -0.479. The fraction of sp³-hybridized carbons (Fsp3) is 0.385. The highest BCUT2D eigenvalue weighted by Crippen LogP contribution is 2.26. The van der Waals surface area contributed by atoms with Gasteiger partial charge in [-0.2, -0.15) is 0 Å². The number of nitrogens with one attached hydrogen (secondary N) is 1. The first-order chi connectivity index (χ1) is 9.01. The van der Waals surface area contributed by atoms with E-state index in [2.05, 4.69) is 5.32 Å². The molecule has 0 radical (unpaired) electrons. The van der Waals surface area contributed by atoms with Crippen LogP contribution in [0.3, 0.4) is 0 Å². The third-order valence-corrected chi connectivity index (χ3v) is 2.97. The Morgan fingerprint density at radius 3 is 2.21 bits per heavy atom. The van der Waals surface area contributed by atoms with Gasteiger partial charge in [-0.25, -0.2) is 0 Å². The highest BCUT2D eigenvalue weighted by molar-refractivity contribution is 7.80. The topological polar surface area (TPSA) is 73.6 Å². The molecule has 0 saturated heterocycles. The molecule has 6 heteroatoms. The number of rotatable bonds is 6. The zero-order valence-corrected chi connectivity index (χ0v) is 12.0. The van der Waals surface area contributed by atoms with Crippen molar-refractivity contribution in [1.29, 1.82) is 0 Å². The third-order valence-electron chi connectivity index (χ3n) is 2.69. The molecular formula is C13H18N2O3S. The number of methoxy groups -OCH3 is 2. The van der Waals surface area contributed by atoms with E-state index in [4.69, 9.17) is 27.4 Å². The van der Waals surface area contributed by atoms with Crippen LogP contribution in [0.5, 0.6) is 11.5 Å². The SMILES string of the molecule is CCC(C(=O)Nc1cc(OC)cc(OC)c1)C(N)=S. The highest BCUT2D eigenvalue weighted by atomic mass is 32.1. The maximum absolute atomic E-state index is 12.0. The van der Waals surface area contributed by atoms with Crippen LogP contribution in [0.2, 0.25) is 0 Å². The molecule has 19 heavy (non-hydrogen) atoms. The fourth-order valence-corrected chi connectivity index (χ4v) is 1.90. The van der Waals surface area contributed by atoms with Gasteiger partial charge >= 0.3 is 0 Å². The number of nitrogens with two attached hydrogens (primary N) is 1. The van der Waals surface area contributed by atoms with E-state index in [-0.39, 0.29) is 10.9 Å². The molecule has 1 atom stereocenters. The van der Waals surface area contributed by atoms with Crippen LogP contribution in [0.25, 0.3) is 0 Å². The Bertz CT molecular complexity index is 455. The number of carbonyl (C=O) groups is 1. The molecule has 3 N–H and O–H groups in total. The molecule has 1 aromatic rings. The highest BCUT2D eigenvalue weighted by Gasteiger charge is 2.19. The summed E-state index contributed by atoms with van der Waals surface area (Å²) in [5.41, 5.74) is 6.11. The number of thiocarbonyl (C=S) groups is 1. The largest absolute Gasteiger partial charge is 0.497 e. The van der Waals surface area contributed by atoms with Gasteiger partial charge in [0.05, 0.1) is 25.1 Å². The Labute approximate surface area is 118 Å². The second-order valence-corrected chi connectivity index (χ2v) is 4.43. The lowest BCUT2D eigenvalue weighted by Gasteiger charge is -2.14. The van der Waals surface area contributed by atoms with E-state index >= 15 is 0 Å². The maximum atomic E-state index is 12.0. The number of ether oxygens (including phenoxy) is 2. The van der Waals surface area contributed by atoms with Gasteiger partial charge in [-0.3, -0.25) is 4.79 Å². The summed E-state index contributed by atoms with van der Waals surface area (Å²) in [5.74, 6) is 0.480. The number of hydrogen-bond donors (Lipinski definition) is 2. The summed E-state index contributed by atoms with van der Waals surface area (Å²) in [6.45, 7) is 1.86. The van der Waals surface area contributed by atoms with E-state index in [1.165, 1.54) is 0 Å². The average Bonchev–Trinajstić information content (AvgIpc) is 2.38. The van der Waals surface area contributed by atoms with Crippen molar-refractivity contribution >= 4 is 28.8 Å². The lowest BCUT2D eigenvalue weighted by Crippen LogP contribution is -2.32. The first kappa shape index (κ1) is 15.2. The zero-order valence-electron chi connectivity index (χ0n) is 11.2. The molecule has 0 saturated carbocycles. The van der Waals surface area contributed by atoms with Crippen molar-refractivity contribution in [3.8, 4) is 11.5 Å². The van der Waals surface area contributed by atoms with Crippen molar-refractivity contribution in [2.24, 2.45) is 11.7 Å². The molecule has 0 fully saturated rings. The molecule has 0 aliphatic rings. The van der Waals surface area contributed by atoms with Gasteiger partial charge in [0.1, 0.15) is 11.5 Å². The standard InChI is InChI=1S/C13H18N2O3S/c1-4-11(12(14)19)13(16)15-8-5-9(17-2)7-10(6-8)18-3/h5-7,11H,4H2,1-3H3,(H2,14,19)(H,15,16). The predicted molar refractivity (Wildman–Crippen MR) is 78.7 cm³/mol. The van der Waals surface area contributed by atoms with Crippen LogP contribution in [0.15, 0.2) is 18.2 Å². The van der Waals surface area contributed by atoms with Crippen LogP contribution in [0, 0.1) is 5.92 Å². The number of anilines is 1. The Balaban J connectivity index is 2.92. The van der Waals surface area contributed by atoms with Crippen molar-refractivity contribution in [3.63, 3.8) is 0 Å². The fourth-order valence-electron chi connectivity index (χ4n) is 1.62. The second-order valence-electron chi connectivity index (χ2n) is 3.95. The molecule has 0 bridgehead atoms. The Morgan fingerprint density at radius 2 is 1.84 bits per heavy atom. The number of carbonyl (C=O) groups excluding carboxylic acids is 1. The van der Waals surface area contributed by atoms with Crippen LogP contribution in [-0.2, 0) is 4.79 Å². The minimum Gasteiger partial charge on any atom is -0.497 e. The maximum Gasteiger partial charge on any atom is 0.234 e. The van der Waals surface area contributed by atoms with Gasteiger partial charge in [0.15, 0.2) is 0 Å². The van der Waals surface area contributed by atoms with Crippen molar-refractivity contribution in [2.75, 3.05) is 19.5 Å². The van der Waals surface area contributed by atoms with Gasteiger partial charge in [-0.1, -0.05) is 19.1 Å². The molecule has 1 aromatic carbocycles. The molecule has 0 heterocycles. The van der Waals surface area contributed by atoms with Crippen LogP contribution in [0.1, 0.15) is 13.3 Å². The second kappa shape index (κ2) is 6.94. The van der Waals surface area contributed by atoms with E-state index in [1.54, 1.807) is 32.4 Å². The van der Waals surface area contributed by atoms with E-state index in [1.807, 2.05) is 6.92 Å². The monoisotopic (exact) mass is 282 g/mol. The van der Waals surface area contributed by atoms with E-state index < -0.39 is 5.92 Å². The van der Waals surface area contributed by atoms with Gasteiger partial charge < -0.3 is 20.5 Å². The minimum absolute atomic E-state index is 0.190. The summed E-state index contributed by atoms with van der Waals surface area (Å²) in [7, 11) is 3.09. The van der Waals surface area contributed by atoms with Gasteiger partial charge in [0.25, 0.3) is 0 Å². The molecule has 104 valence electrons. The number of amides is 1. The Hall–Kier alpha value is -1.82. The van der Waals surface area contributed by atoms with Crippen LogP contribution in [0.4, 0.5) is 5.69 Å². The normalized spacial score (nSPS) is 11.5. The quantitative estimate of drug-likeness (QED) is 0.780. The summed E-state index contributed by atoms with van der Waals surface area (Å²) in [6, 6.07) is 5.12. The summed E-state index contributed by atoms with van der Waals surface area (Å²) in [4.78, 5) is 12.2. The van der Waals surface area contributed by atoms with Crippen molar-refractivity contribution < 1.29 is 14.3 Å². The number of hydrogen-bond acceptors (Lipinski definition) is 4. The molecule has 5 nitrogen and oxygen atoms in total. The van der Waals surface area contributed by atoms with E-state index in [0.717, 1.165) is 0 Å². The van der Waals surface area contributed by atoms with Crippen LogP contribution < -0.4 is 20.5 Å². The Kier molecular flexibility index (Phi) is 5.57. The number of benzene rings is 1. The molecule has 1 unspecified atom stereocenters. The molecule has 0 aliphatic heterocycles. The predicted octanol–water partition coefficient (Wildman–Crippen LogP) is 1.95. The first-order valence-electron chi connectivity index (χ1n) is 5.85.